The Labute approximate surface area is 131 Å². The van der Waals surface area contributed by atoms with Crippen LogP contribution in [0.1, 0.15) is 28.4 Å². The summed E-state index contributed by atoms with van der Waals surface area (Å²) < 4.78 is 0. The van der Waals surface area contributed by atoms with Crippen LogP contribution in [0, 0.1) is 20.8 Å². The molecule has 4 heteroatoms. The third kappa shape index (κ3) is 4.33. The van der Waals surface area contributed by atoms with E-state index < -0.39 is 6.10 Å². The van der Waals surface area contributed by atoms with Gasteiger partial charge in [-0.15, -0.1) is 0 Å². The van der Waals surface area contributed by atoms with E-state index in [1.54, 1.807) is 0 Å². The van der Waals surface area contributed by atoms with Gasteiger partial charge in [-0.2, -0.15) is 0 Å². The highest BCUT2D eigenvalue weighted by atomic mass is 16.3. The molecule has 0 radical (unpaired) electrons. The normalized spacial score (nSPS) is 11.8. The van der Waals surface area contributed by atoms with Gasteiger partial charge in [-0.05, 0) is 43.5 Å². The Morgan fingerprint density at radius 1 is 1.05 bits per heavy atom. The summed E-state index contributed by atoms with van der Waals surface area (Å²) in [5.74, 6) is 0. The van der Waals surface area contributed by atoms with Gasteiger partial charge < -0.3 is 15.7 Å². The predicted octanol–water partition coefficient (Wildman–Crippen LogP) is 3.47. The fraction of sp³-hybridized carbons (Fsp3) is 0.278. The number of aryl methyl sites for hydroxylation is 3. The molecule has 0 saturated carbocycles. The number of anilines is 1. The molecule has 0 unspecified atom stereocenters. The molecule has 2 rings (SSSR count). The van der Waals surface area contributed by atoms with Crippen molar-refractivity contribution in [2.24, 2.45) is 0 Å². The van der Waals surface area contributed by atoms with Gasteiger partial charge in [-0.1, -0.05) is 42.0 Å². The molecule has 3 N–H and O–H groups in total. The molecule has 2 amide bonds. The lowest BCUT2D eigenvalue weighted by Crippen LogP contribution is -2.32. The van der Waals surface area contributed by atoms with Crippen molar-refractivity contribution in [1.29, 1.82) is 0 Å². The van der Waals surface area contributed by atoms with Crippen LogP contribution in [0.2, 0.25) is 0 Å². The van der Waals surface area contributed by atoms with Crippen LogP contribution in [-0.4, -0.2) is 17.7 Å². The average Bonchev–Trinajstić information content (AvgIpc) is 2.49. The highest BCUT2D eigenvalue weighted by molar-refractivity contribution is 5.90. The fourth-order valence-electron chi connectivity index (χ4n) is 2.13. The third-order valence-electron chi connectivity index (χ3n) is 3.56. The van der Waals surface area contributed by atoms with Crippen LogP contribution in [0.4, 0.5) is 10.5 Å². The van der Waals surface area contributed by atoms with Crippen LogP contribution < -0.4 is 10.6 Å². The molecule has 0 spiro atoms. The molecule has 4 nitrogen and oxygen atoms in total. The number of amides is 2. The highest BCUT2D eigenvalue weighted by Crippen LogP contribution is 2.16. The first kappa shape index (κ1) is 16.0. The van der Waals surface area contributed by atoms with Crippen LogP contribution >= 0.6 is 0 Å². The molecule has 0 bridgehead atoms. The Kier molecular flexibility index (Phi) is 5.17. The molecule has 0 aliphatic carbocycles. The number of carbonyl (C=O) groups is 1. The van der Waals surface area contributed by atoms with E-state index in [1.165, 1.54) is 0 Å². The number of carbonyl (C=O) groups excluding carboxylic acids is 1. The first-order chi connectivity index (χ1) is 10.5. The maximum atomic E-state index is 11.9. The predicted molar refractivity (Wildman–Crippen MR) is 89.1 cm³/mol. The van der Waals surface area contributed by atoms with Crippen molar-refractivity contribution in [2.45, 2.75) is 26.9 Å². The second kappa shape index (κ2) is 7.09. The number of rotatable bonds is 4. The summed E-state index contributed by atoms with van der Waals surface area (Å²) in [6.07, 6.45) is -0.718. The van der Waals surface area contributed by atoms with Crippen LogP contribution in [0.5, 0.6) is 0 Å². The molecule has 2 aromatic carbocycles. The average molecular weight is 298 g/mol. The first-order valence-electron chi connectivity index (χ1n) is 7.32. The molecule has 0 aliphatic heterocycles. The topological polar surface area (TPSA) is 61.4 Å². The lowest BCUT2D eigenvalue weighted by atomic mass is 10.1. The van der Waals surface area contributed by atoms with E-state index in [-0.39, 0.29) is 12.6 Å². The quantitative estimate of drug-likeness (QED) is 0.809. The number of nitrogens with one attached hydrogen (secondary N) is 2. The van der Waals surface area contributed by atoms with Crippen LogP contribution in [-0.2, 0) is 0 Å². The van der Waals surface area contributed by atoms with Gasteiger partial charge in [0.15, 0.2) is 0 Å². The lowest BCUT2D eigenvalue weighted by Gasteiger charge is -2.14. The zero-order chi connectivity index (χ0) is 16.1. The maximum absolute atomic E-state index is 11.9. The maximum Gasteiger partial charge on any atom is 0.319 e. The minimum absolute atomic E-state index is 0.166. The van der Waals surface area contributed by atoms with Crippen LogP contribution in [0.25, 0.3) is 0 Å². The van der Waals surface area contributed by atoms with Crippen molar-refractivity contribution < 1.29 is 9.90 Å². The van der Waals surface area contributed by atoms with E-state index in [4.69, 9.17) is 0 Å². The first-order valence-corrected chi connectivity index (χ1v) is 7.32. The molecule has 1 atom stereocenters. The van der Waals surface area contributed by atoms with E-state index in [2.05, 4.69) is 10.6 Å². The largest absolute Gasteiger partial charge is 0.387 e. The SMILES string of the molecule is Cc1ccc([C@H](O)CNC(=O)Nc2cc(C)ccc2C)cc1. The molecular weight excluding hydrogens is 276 g/mol. The van der Waals surface area contributed by atoms with Crippen molar-refractivity contribution in [2.75, 3.05) is 11.9 Å². The molecule has 116 valence electrons. The van der Waals surface area contributed by atoms with Crippen molar-refractivity contribution in [3.63, 3.8) is 0 Å². The monoisotopic (exact) mass is 298 g/mol. The molecule has 2 aromatic rings. The van der Waals surface area contributed by atoms with Gasteiger partial charge >= 0.3 is 6.03 Å². The molecule has 0 aliphatic rings. The van der Waals surface area contributed by atoms with E-state index in [1.807, 2.05) is 63.2 Å². The highest BCUT2D eigenvalue weighted by Gasteiger charge is 2.10. The number of urea groups is 1. The Bertz CT molecular complexity index is 651. The number of benzene rings is 2. The summed E-state index contributed by atoms with van der Waals surface area (Å²) in [4.78, 5) is 11.9. The van der Waals surface area contributed by atoms with Gasteiger partial charge in [0, 0.05) is 12.2 Å². The van der Waals surface area contributed by atoms with Gasteiger partial charge in [0.1, 0.15) is 0 Å². The zero-order valence-corrected chi connectivity index (χ0v) is 13.2. The van der Waals surface area contributed by atoms with Crippen LogP contribution in [0.3, 0.4) is 0 Å². The Morgan fingerprint density at radius 2 is 1.68 bits per heavy atom. The summed E-state index contributed by atoms with van der Waals surface area (Å²) >= 11 is 0. The van der Waals surface area contributed by atoms with Crippen LogP contribution in [0.15, 0.2) is 42.5 Å². The van der Waals surface area contributed by atoms with Crippen molar-refractivity contribution >= 4 is 11.7 Å². The number of aliphatic hydroxyl groups is 1. The second-order valence-corrected chi connectivity index (χ2v) is 5.58. The van der Waals surface area contributed by atoms with E-state index >= 15 is 0 Å². The second-order valence-electron chi connectivity index (χ2n) is 5.58. The Hall–Kier alpha value is -2.33. The van der Waals surface area contributed by atoms with Gasteiger partial charge in [-0.3, -0.25) is 0 Å². The van der Waals surface area contributed by atoms with Crippen molar-refractivity contribution in [3.05, 3.63) is 64.7 Å². The van der Waals surface area contributed by atoms with Crippen molar-refractivity contribution in [3.8, 4) is 0 Å². The number of hydrogen-bond donors (Lipinski definition) is 3. The summed E-state index contributed by atoms with van der Waals surface area (Å²) in [5, 5.41) is 15.6. The summed E-state index contributed by atoms with van der Waals surface area (Å²) in [5.41, 5.74) is 4.79. The van der Waals surface area contributed by atoms with Gasteiger partial charge in [0.05, 0.1) is 6.10 Å². The van der Waals surface area contributed by atoms with Gasteiger partial charge in [0.25, 0.3) is 0 Å². The fourth-order valence-corrected chi connectivity index (χ4v) is 2.13. The standard InChI is InChI=1S/C18H22N2O2/c1-12-5-8-15(9-6-12)17(21)11-19-18(22)20-16-10-13(2)4-7-14(16)3/h4-10,17,21H,11H2,1-3H3,(H2,19,20,22)/t17-/m1/s1. The molecule has 0 saturated heterocycles. The molecule has 0 heterocycles. The lowest BCUT2D eigenvalue weighted by molar-refractivity contribution is 0.175. The van der Waals surface area contributed by atoms with E-state index in [0.717, 1.165) is 27.9 Å². The summed E-state index contributed by atoms with van der Waals surface area (Å²) in [6, 6.07) is 13.2. The molecule has 22 heavy (non-hydrogen) atoms. The minimum atomic E-state index is -0.718. The minimum Gasteiger partial charge on any atom is -0.387 e. The van der Waals surface area contributed by atoms with Gasteiger partial charge in [0.2, 0.25) is 0 Å². The molecular formula is C18H22N2O2. The Morgan fingerprint density at radius 3 is 2.36 bits per heavy atom. The van der Waals surface area contributed by atoms with E-state index in [9.17, 15) is 9.90 Å². The zero-order valence-electron chi connectivity index (χ0n) is 13.2. The smallest absolute Gasteiger partial charge is 0.319 e. The van der Waals surface area contributed by atoms with Crippen molar-refractivity contribution in [1.82, 2.24) is 5.32 Å². The number of hydrogen-bond acceptors (Lipinski definition) is 2. The molecule has 0 fully saturated rings. The van der Waals surface area contributed by atoms with E-state index in [0.29, 0.717) is 0 Å². The summed E-state index contributed by atoms with van der Waals surface area (Å²) in [7, 11) is 0. The Balaban J connectivity index is 1.89. The van der Waals surface area contributed by atoms with Gasteiger partial charge in [-0.25, -0.2) is 4.79 Å². The summed E-state index contributed by atoms with van der Waals surface area (Å²) in [6.45, 7) is 6.08. The third-order valence-corrected chi connectivity index (χ3v) is 3.56. The molecule has 0 aromatic heterocycles. The number of aliphatic hydroxyl groups excluding tert-OH is 1.